The molecule has 3 heteroatoms. The third-order valence-corrected chi connectivity index (χ3v) is 2.58. The second-order valence-electron chi connectivity index (χ2n) is 3.63. The highest BCUT2D eigenvalue weighted by Crippen LogP contribution is 2.25. The number of rotatable bonds is 5. The smallest absolute Gasteiger partial charge is 0.138 e. The van der Waals surface area contributed by atoms with Crippen LogP contribution in [0.4, 0.5) is 0 Å². The molecule has 1 atom stereocenters. The molecule has 0 fully saturated rings. The van der Waals surface area contributed by atoms with Crippen molar-refractivity contribution in [2.75, 3.05) is 6.61 Å². The Bertz CT molecular complexity index is 312. The fourth-order valence-corrected chi connectivity index (χ4v) is 1.40. The lowest BCUT2D eigenvalue weighted by Gasteiger charge is -2.11. The van der Waals surface area contributed by atoms with Gasteiger partial charge in [-0.1, -0.05) is 24.6 Å². The summed E-state index contributed by atoms with van der Waals surface area (Å²) < 4.78 is 5.50. The number of ether oxygens (including phenoxy) is 1. The van der Waals surface area contributed by atoms with Gasteiger partial charge in [0.05, 0.1) is 17.7 Å². The molecular formula is C12H17ClO2. The Labute approximate surface area is 95.8 Å². The first kappa shape index (κ1) is 12.3. The van der Waals surface area contributed by atoms with Crippen LogP contribution in [-0.2, 0) is 0 Å². The molecule has 0 bridgehead atoms. The lowest BCUT2D eigenvalue weighted by molar-refractivity contribution is 0.135. The number of halogens is 1. The summed E-state index contributed by atoms with van der Waals surface area (Å²) in [5.41, 5.74) is 1.12. The zero-order valence-corrected chi connectivity index (χ0v) is 9.92. The lowest BCUT2D eigenvalue weighted by atomic mass is 10.2. The van der Waals surface area contributed by atoms with Gasteiger partial charge in [0.25, 0.3) is 0 Å². The van der Waals surface area contributed by atoms with Crippen molar-refractivity contribution in [1.29, 1.82) is 0 Å². The van der Waals surface area contributed by atoms with Crippen molar-refractivity contribution in [3.05, 3.63) is 28.8 Å². The Morgan fingerprint density at radius 1 is 1.47 bits per heavy atom. The minimum Gasteiger partial charge on any atom is -0.492 e. The second-order valence-corrected chi connectivity index (χ2v) is 4.04. The SMILES string of the molecule is CCC(O)CCOc1cc(C)ccc1Cl. The fraction of sp³-hybridized carbons (Fsp3) is 0.500. The Morgan fingerprint density at radius 2 is 2.20 bits per heavy atom. The molecule has 1 aromatic carbocycles. The summed E-state index contributed by atoms with van der Waals surface area (Å²) in [6.45, 7) is 4.44. The van der Waals surface area contributed by atoms with Gasteiger partial charge in [-0.25, -0.2) is 0 Å². The number of aliphatic hydroxyl groups excluding tert-OH is 1. The van der Waals surface area contributed by atoms with E-state index in [0.29, 0.717) is 23.8 Å². The molecule has 0 aromatic heterocycles. The summed E-state index contributed by atoms with van der Waals surface area (Å²) in [6, 6.07) is 5.67. The minimum absolute atomic E-state index is 0.284. The molecule has 15 heavy (non-hydrogen) atoms. The number of hydrogen-bond donors (Lipinski definition) is 1. The van der Waals surface area contributed by atoms with Crippen LogP contribution >= 0.6 is 11.6 Å². The normalized spacial score (nSPS) is 12.5. The average molecular weight is 229 g/mol. The van der Waals surface area contributed by atoms with Crippen LogP contribution in [0.15, 0.2) is 18.2 Å². The first-order valence-electron chi connectivity index (χ1n) is 5.20. The monoisotopic (exact) mass is 228 g/mol. The second kappa shape index (κ2) is 5.99. The summed E-state index contributed by atoms with van der Waals surface area (Å²) in [4.78, 5) is 0. The van der Waals surface area contributed by atoms with Gasteiger partial charge in [0.1, 0.15) is 5.75 Å². The molecule has 0 aliphatic carbocycles. The summed E-state index contributed by atoms with van der Waals surface area (Å²) in [7, 11) is 0. The molecule has 1 unspecified atom stereocenters. The Hall–Kier alpha value is -0.730. The quantitative estimate of drug-likeness (QED) is 0.839. The number of aryl methyl sites for hydroxylation is 1. The molecule has 2 nitrogen and oxygen atoms in total. The minimum atomic E-state index is -0.284. The fourth-order valence-electron chi connectivity index (χ4n) is 1.23. The number of benzene rings is 1. The largest absolute Gasteiger partial charge is 0.492 e. The van der Waals surface area contributed by atoms with Crippen molar-refractivity contribution in [2.45, 2.75) is 32.8 Å². The van der Waals surface area contributed by atoms with Gasteiger partial charge in [0.15, 0.2) is 0 Å². The van der Waals surface area contributed by atoms with Crippen LogP contribution in [0.5, 0.6) is 5.75 Å². The number of hydrogen-bond acceptors (Lipinski definition) is 2. The van der Waals surface area contributed by atoms with E-state index in [0.717, 1.165) is 12.0 Å². The van der Waals surface area contributed by atoms with Gasteiger partial charge in [-0.3, -0.25) is 0 Å². The molecule has 1 N–H and O–H groups in total. The van der Waals surface area contributed by atoms with Crippen LogP contribution in [0.1, 0.15) is 25.3 Å². The zero-order chi connectivity index (χ0) is 11.3. The van der Waals surface area contributed by atoms with Crippen LogP contribution in [0.2, 0.25) is 5.02 Å². The maximum atomic E-state index is 9.35. The summed E-state index contributed by atoms with van der Waals surface area (Å²) in [6.07, 6.45) is 1.11. The van der Waals surface area contributed by atoms with Crippen molar-refractivity contribution in [1.82, 2.24) is 0 Å². The van der Waals surface area contributed by atoms with Crippen molar-refractivity contribution >= 4 is 11.6 Å². The van der Waals surface area contributed by atoms with Crippen LogP contribution in [0.25, 0.3) is 0 Å². The van der Waals surface area contributed by atoms with Gasteiger partial charge >= 0.3 is 0 Å². The molecule has 0 spiro atoms. The first-order chi connectivity index (χ1) is 7.13. The van der Waals surface area contributed by atoms with Crippen LogP contribution < -0.4 is 4.74 Å². The first-order valence-corrected chi connectivity index (χ1v) is 5.58. The molecule has 0 aliphatic heterocycles. The van der Waals surface area contributed by atoms with E-state index >= 15 is 0 Å². The standard InChI is InChI=1S/C12H17ClO2/c1-3-10(14)6-7-15-12-8-9(2)4-5-11(12)13/h4-5,8,10,14H,3,6-7H2,1-2H3. The maximum Gasteiger partial charge on any atom is 0.138 e. The van der Waals surface area contributed by atoms with Gasteiger partial charge in [0.2, 0.25) is 0 Å². The molecule has 84 valence electrons. The third kappa shape index (κ3) is 4.10. The van der Waals surface area contributed by atoms with Crippen LogP contribution in [0, 0.1) is 6.92 Å². The van der Waals surface area contributed by atoms with Crippen molar-refractivity contribution in [3.63, 3.8) is 0 Å². The van der Waals surface area contributed by atoms with E-state index in [1.165, 1.54) is 0 Å². The molecule has 0 heterocycles. The third-order valence-electron chi connectivity index (χ3n) is 2.27. The van der Waals surface area contributed by atoms with Crippen LogP contribution in [-0.4, -0.2) is 17.8 Å². The summed E-state index contributed by atoms with van der Waals surface area (Å²) in [5, 5.41) is 9.96. The van der Waals surface area contributed by atoms with Gasteiger partial charge < -0.3 is 9.84 Å². The van der Waals surface area contributed by atoms with Crippen molar-refractivity contribution in [3.8, 4) is 5.75 Å². The van der Waals surface area contributed by atoms with E-state index in [9.17, 15) is 5.11 Å². The molecule has 0 radical (unpaired) electrons. The molecule has 0 saturated carbocycles. The molecule has 1 aromatic rings. The van der Waals surface area contributed by atoms with Crippen LogP contribution in [0.3, 0.4) is 0 Å². The average Bonchev–Trinajstić information content (AvgIpc) is 2.23. The number of aliphatic hydroxyl groups is 1. The van der Waals surface area contributed by atoms with Crippen molar-refractivity contribution in [2.24, 2.45) is 0 Å². The van der Waals surface area contributed by atoms with E-state index in [4.69, 9.17) is 16.3 Å². The van der Waals surface area contributed by atoms with E-state index < -0.39 is 0 Å². The Balaban J connectivity index is 2.46. The van der Waals surface area contributed by atoms with Gasteiger partial charge in [-0.05, 0) is 31.0 Å². The zero-order valence-electron chi connectivity index (χ0n) is 9.16. The van der Waals surface area contributed by atoms with Gasteiger partial charge in [-0.15, -0.1) is 0 Å². The predicted octanol–water partition coefficient (Wildman–Crippen LogP) is 3.19. The van der Waals surface area contributed by atoms with Gasteiger partial charge in [-0.2, -0.15) is 0 Å². The maximum absolute atomic E-state index is 9.35. The summed E-state index contributed by atoms with van der Waals surface area (Å²) >= 11 is 5.96. The molecular weight excluding hydrogens is 212 g/mol. The topological polar surface area (TPSA) is 29.5 Å². The van der Waals surface area contributed by atoms with Gasteiger partial charge in [0, 0.05) is 6.42 Å². The van der Waals surface area contributed by atoms with E-state index in [1.54, 1.807) is 0 Å². The molecule has 0 amide bonds. The predicted molar refractivity (Wildman–Crippen MR) is 62.6 cm³/mol. The highest BCUT2D eigenvalue weighted by Gasteiger charge is 2.04. The van der Waals surface area contributed by atoms with E-state index in [1.807, 2.05) is 32.0 Å². The highest BCUT2D eigenvalue weighted by atomic mass is 35.5. The van der Waals surface area contributed by atoms with Crippen molar-refractivity contribution < 1.29 is 9.84 Å². The van der Waals surface area contributed by atoms with E-state index in [2.05, 4.69) is 0 Å². The molecule has 1 rings (SSSR count). The van der Waals surface area contributed by atoms with E-state index in [-0.39, 0.29) is 6.10 Å². The lowest BCUT2D eigenvalue weighted by Crippen LogP contribution is -2.10. The molecule has 0 saturated heterocycles. The molecule has 0 aliphatic rings. The highest BCUT2D eigenvalue weighted by molar-refractivity contribution is 6.32. The Morgan fingerprint density at radius 3 is 2.87 bits per heavy atom. The summed E-state index contributed by atoms with van der Waals surface area (Å²) in [5.74, 6) is 0.694. The Kier molecular flexibility index (Phi) is 4.92.